The fourth-order valence-electron chi connectivity index (χ4n) is 3.52. The summed E-state index contributed by atoms with van der Waals surface area (Å²) < 4.78 is 6.31. The molecule has 0 aromatic rings. The van der Waals surface area contributed by atoms with E-state index in [9.17, 15) is 0 Å². The Bertz CT molecular complexity index is 319. The molecule has 1 atom stereocenters. The standard InChI is InChI=1S/C15H30N2OS/c1-13(2)11-15(12-16,6-9-18-13)17-7-5-14(3,4)19-10-8-17/h5-12,16H2,1-4H3. The van der Waals surface area contributed by atoms with Crippen molar-refractivity contribution in [3.63, 3.8) is 0 Å². The highest BCUT2D eigenvalue weighted by atomic mass is 32.2. The number of nitrogens with two attached hydrogens (primary N) is 1. The average molecular weight is 286 g/mol. The van der Waals surface area contributed by atoms with Crippen LogP contribution in [0, 0.1) is 0 Å². The molecule has 2 fully saturated rings. The molecule has 0 aromatic heterocycles. The lowest BCUT2D eigenvalue weighted by atomic mass is 9.79. The summed E-state index contributed by atoms with van der Waals surface area (Å²) in [5.74, 6) is 1.22. The molecule has 2 rings (SSSR count). The van der Waals surface area contributed by atoms with E-state index < -0.39 is 0 Å². The summed E-state index contributed by atoms with van der Waals surface area (Å²) in [5.41, 5.74) is 6.33. The molecule has 2 aliphatic rings. The zero-order valence-electron chi connectivity index (χ0n) is 13.0. The molecule has 19 heavy (non-hydrogen) atoms. The number of nitrogens with zero attached hydrogens (tertiary/aromatic N) is 1. The van der Waals surface area contributed by atoms with Gasteiger partial charge in [-0.2, -0.15) is 11.8 Å². The first-order valence-corrected chi connectivity index (χ1v) is 8.50. The van der Waals surface area contributed by atoms with Crippen molar-refractivity contribution in [2.45, 2.75) is 62.8 Å². The lowest BCUT2D eigenvalue weighted by Crippen LogP contribution is -2.61. The highest BCUT2D eigenvalue weighted by Gasteiger charge is 2.44. The van der Waals surface area contributed by atoms with Gasteiger partial charge in [-0.1, -0.05) is 13.8 Å². The van der Waals surface area contributed by atoms with Gasteiger partial charge in [0, 0.05) is 42.3 Å². The predicted molar refractivity (Wildman–Crippen MR) is 83.8 cm³/mol. The van der Waals surface area contributed by atoms with Gasteiger partial charge in [-0.15, -0.1) is 0 Å². The van der Waals surface area contributed by atoms with Gasteiger partial charge in [-0.05, 0) is 33.1 Å². The number of ether oxygens (including phenoxy) is 1. The Balaban J connectivity index is 2.12. The summed E-state index contributed by atoms with van der Waals surface area (Å²) in [7, 11) is 0. The number of hydrogen-bond donors (Lipinski definition) is 1. The Kier molecular flexibility index (Phi) is 4.56. The molecular formula is C15H30N2OS. The van der Waals surface area contributed by atoms with E-state index in [-0.39, 0.29) is 11.1 Å². The lowest BCUT2D eigenvalue weighted by Gasteiger charge is -2.50. The van der Waals surface area contributed by atoms with Crippen molar-refractivity contribution >= 4 is 11.8 Å². The maximum Gasteiger partial charge on any atom is 0.0644 e. The fourth-order valence-corrected chi connectivity index (χ4v) is 4.62. The van der Waals surface area contributed by atoms with Crippen molar-refractivity contribution in [3.05, 3.63) is 0 Å². The summed E-state index contributed by atoms with van der Waals surface area (Å²) in [4.78, 5) is 2.67. The lowest BCUT2D eigenvalue weighted by molar-refractivity contribution is -0.117. The van der Waals surface area contributed by atoms with E-state index in [4.69, 9.17) is 10.5 Å². The topological polar surface area (TPSA) is 38.5 Å². The summed E-state index contributed by atoms with van der Waals surface area (Å²) >= 11 is 2.10. The third-order valence-corrected chi connectivity index (χ3v) is 6.08. The Morgan fingerprint density at radius 2 is 1.89 bits per heavy atom. The van der Waals surface area contributed by atoms with Crippen LogP contribution in [0.5, 0.6) is 0 Å². The van der Waals surface area contributed by atoms with Crippen LogP contribution in [-0.4, -0.2) is 52.8 Å². The SMILES string of the molecule is CC1(C)CC(CN)(N2CCSC(C)(C)CC2)CCO1. The number of thioether (sulfide) groups is 1. The molecule has 2 aliphatic heterocycles. The van der Waals surface area contributed by atoms with Crippen LogP contribution in [0.3, 0.4) is 0 Å². The van der Waals surface area contributed by atoms with E-state index in [1.54, 1.807) is 0 Å². The molecule has 0 bridgehead atoms. The minimum absolute atomic E-state index is 0.0351. The van der Waals surface area contributed by atoms with Crippen LogP contribution in [0.4, 0.5) is 0 Å². The Morgan fingerprint density at radius 1 is 1.16 bits per heavy atom. The third-order valence-electron chi connectivity index (χ3n) is 4.70. The van der Waals surface area contributed by atoms with E-state index in [0.717, 1.165) is 26.0 Å². The highest BCUT2D eigenvalue weighted by Crippen LogP contribution is 2.39. The number of hydrogen-bond acceptors (Lipinski definition) is 4. The molecule has 0 spiro atoms. The van der Waals surface area contributed by atoms with Crippen LogP contribution in [0.1, 0.15) is 47.0 Å². The van der Waals surface area contributed by atoms with Gasteiger partial charge in [0.15, 0.2) is 0 Å². The highest BCUT2D eigenvalue weighted by molar-refractivity contribution is 8.00. The fraction of sp³-hybridized carbons (Fsp3) is 1.00. The molecule has 4 heteroatoms. The smallest absolute Gasteiger partial charge is 0.0644 e. The van der Waals surface area contributed by atoms with Crippen molar-refractivity contribution in [3.8, 4) is 0 Å². The van der Waals surface area contributed by atoms with Gasteiger partial charge in [-0.25, -0.2) is 0 Å². The summed E-state index contributed by atoms with van der Waals surface area (Å²) in [6, 6.07) is 0. The quantitative estimate of drug-likeness (QED) is 0.846. The first-order valence-electron chi connectivity index (χ1n) is 7.52. The Hall–Kier alpha value is 0.230. The minimum atomic E-state index is -0.0351. The van der Waals surface area contributed by atoms with E-state index >= 15 is 0 Å². The third kappa shape index (κ3) is 3.66. The molecule has 112 valence electrons. The van der Waals surface area contributed by atoms with E-state index in [0.29, 0.717) is 4.75 Å². The zero-order chi connectivity index (χ0) is 14.1. The second-order valence-corrected chi connectivity index (χ2v) is 9.11. The van der Waals surface area contributed by atoms with Crippen LogP contribution in [0.2, 0.25) is 0 Å². The summed E-state index contributed by atoms with van der Waals surface area (Å²) in [5, 5.41) is 0. The molecule has 0 amide bonds. The van der Waals surface area contributed by atoms with Gasteiger partial charge in [0.25, 0.3) is 0 Å². The molecule has 3 nitrogen and oxygen atoms in total. The summed E-state index contributed by atoms with van der Waals surface area (Å²) in [6.45, 7) is 13.1. The van der Waals surface area contributed by atoms with Crippen LogP contribution in [-0.2, 0) is 4.74 Å². The molecule has 0 saturated carbocycles. The van der Waals surface area contributed by atoms with E-state index in [1.165, 1.54) is 25.3 Å². The minimum Gasteiger partial charge on any atom is -0.375 e. The maximum absolute atomic E-state index is 6.20. The molecule has 2 N–H and O–H groups in total. The monoisotopic (exact) mass is 286 g/mol. The van der Waals surface area contributed by atoms with Gasteiger partial charge in [0.1, 0.15) is 0 Å². The first kappa shape index (κ1) is 15.6. The molecule has 2 heterocycles. The largest absolute Gasteiger partial charge is 0.375 e. The van der Waals surface area contributed by atoms with Crippen LogP contribution >= 0.6 is 11.8 Å². The van der Waals surface area contributed by atoms with Gasteiger partial charge in [0.05, 0.1) is 5.60 Å². The summed E-state index contributed by atoms with van der Waals surface area (Å²) in [6.07, 6.45) is 3.39. The van der Waals surface area contributed by atoms with E-state index in [1.807, 2.05) is 0 Å². The van der Waals surface area contributed by atoms with Crippen molar-refractivity contribution < 1.29 is 4.74 Å². The molecular weight excluding hydrogens is 256 g/mol. The van der Waals surface area contributed by atoms with E-state index in [2.05, 4.69) is 44.4 Å². The zero-order valence-corrected chi connectivity index (χ0v) is 13.8. The predicted octanol–water partition coefficient (Wildman–Crippen LogP) is 2.49. The van der Waals surface area contributed by atoms with Crippen molar-refractivity contribution in [2.75, 3.05) is 32.0 Å². The van der Waals surface area contributed by atoms with Crippen molar-refractivity contribution in [1.82, 2.24) is 4.90 Å². The van der Waals surface area contributed by atoms with Gasteiger partial charge in [-0.3, -0.25) is 4.90 Å². The van der Waals surface area contributed by atoms with Gasteiger partial charge >= 0.3 is 0 Å². The van der Waals surface area contributed by atoms with Gasteiger partial charge in [0.2, 0.25) is 0 Å². The van der Waals surface area contributed by atoms with Crippen molar-refractivity contribution in [2.24, 2.45) is 5.73 Å². The second kappa shape index (κ2) is 5.55. The number of rotatable bonds is 2. The van der Waals surface area contributed by atoms with Crippen molar-refractivity contribution in [1.29, 1.82) is 0 Å². The first-order chi connectivity index (χ1) is 8.79. The molecule has 1 unspecified atom stereocenters. The molecule has 2 saturated heterocycles. The van der Waals surface area contributed by atoms with Crippen LogP contribution < -0.4 is 5.73 Å². The Labute approximate surface area is 122 Å². The van der Waals surface area contributed by atoms with Crippen LogP contribution in [0.25, 0.3) is 0 Å². The van der Waals surface area contributed by atoms with Gasteiger partial charge < -0.3 is 10.5 Å². The van der Waals surface area contributed by atoms with Crippen LogP contribution in [0.15, 0.2) is 0 Å². The Morgan fingerprint density at radius 3 is 2.53 bits per heavy atom. The molecule has 0 radical (unpaired) electrons. The average Bonchev–Trinajstić information content (AvgIpc) is 2.49. The molecule has 0 aromatic carbocycles. The second-order valence-electron chi connectivity index (χ2n) is 7.31. The molecule has 0 aliphatic carbocycles. The maximum atomic E-state index is 6.20. The normalized spacial score (nSPS) is 35.8.